The lowest BCUT2D eigenvalue weighted by molar-refractivity contribution is 0.584. The van der Waals surface area contributed by atoms with Crippen LogP contribution in [0.2, 0.25) is 0 Å². The van der Waals surface area contributed by atoms with Crippen LogP contribution < -0.4 is 5.32 Å². The molecule has 0 unspecified atom stereocenters. The van der Waals surface area contributed by atoms with Crippen LogP contribution in [0.1, 0.15) is 5.56 Å². The topological polar surface area (TPSA) is 12.0 Å². The molecule has 98 valence electrons. The molecule has 19 heavy (non-hydrogen) atoms. The molecule has 0 saturated heterocycles. The highest BCUT2D eigenvalue weighted by atomic mass is 79.9. The largest absolute Gasteiger partial charge is 0.378 e. The van der Waals surface area contributed by atoms with Crippen molar-refractivity contribution in [2.45, 2.75) is 0 Å². The van der Waals surface area contributed by atoms with E-state index in [9.17, 15) is 8.78 Å². The highest BCUT2D eigenvalue weighted by Gasteiger charge is 2.07. The molecular formula is C15H12BrF2N. The van der Waals surface area contributed by atoms with Crippen LogP contribution >= 0.6 is 15.9 Å². The summed E-state index contributed by atoms with van der Waals surface area (Å²) in [4.78, 5) is 0. The summed E-state index contributed by atoms with van der Waals surface area (Å²) in [6, 6.07) is 11.9. The minimum Gasteiger partial charge on any atom is -0.378 e. The molecule has 0 heterocycles. The Labute approximate surface area is 119 Å². The number of halogens is 3. The zero-order valence-corrected chi connectivity index (χ0v) is 11.6. The van der Waals surface area contributed by atoms with Gasteiger partial charge in [0.15, 0.2) is 0 Å². The molecule has 1 nitrogen and oxygen atoms in total. The monoisotopic (exact) mass is 323 g/mol. The van der Waals surface area contributed by atoms with Gasteiger partial charge in [0.1, 0.15) is 11.6 Å². The van der Waals surface area contributed by atoms with Gasteiger partial charge in [-0.1, -0.05) is 42.5 Å². The van der Waals surface area contributed by atoms with Gasteiger partial charge in [-0.25, -0.2) is 8.78 Å². The highest BCUT2D eigenvalue weighted by Crippen LogP contribution is 2.26. The molecule has 1 N–H and O–H groups in total. The summed E-state index contributed by atoms with van der Waals surface area (Å²) in [6.45, 7) is 0.454. The Hall–Kier alpha value is -1.68. The molecule has 0 saturated carbocycles. The predicted molar refractivity (Wildman–Crippen MR) is 78.0 cm³/mol. The Bertz CT molecular complexity index is 559. The number of hydrogen-bond acceptors (Lipinski definition) is 1. The van der Waals surface area contributed by atoms with Crippen molar-refractivity contribution in [1.82, 2.24) is 0 Å². The van der Waals surface area contributed by atoms with E-state index in [1.165, 1.54) is 6.07 Å². The third kappa shape index (κ3) is 3.89. The Balaban J connectivity index is 1.98. The van der Waals surface area contributed by atoms with Gasteiger partial charge in [0.2, 0.25) is 0 Å². The molecule has 0 spiro atoms. The zero-order chi connectivity index (χ0) is 13.7. The molecular weight excluding hydrogens is 312 g/mol. The second kappa shape index (κ2) is 6.48. The first kappa shape index (κ1) is 13.7. The van der Waals surface area contributed by atoms with E-state index < -0.39 is 11.6 Å². The van der Waals surface area contributed by atoms with Gasteiger partial charge in [0, 0.05) is 17.1 Å². The fourth-order valence-corrected chi connectivity index (χ4v) is 2.18. The first-order valence-electron chi connectivity index (χ1n) is 5.77. The van der Waals surface area contributed by atoms with E-state index in [1.54, 1.807) is 0 Å². The van der Waals surface area contributed by atoms with E-state index in [4.69, 9.17) is 0 Å². The smallest absolute Gasteiger partial charge is 0.150 e. The van der Waals surface area contributed by atoms with Crippen LogP contribution in [0.4, 0.5) is 14.5 Å². The van der Waals surface area contributed by atoms with Gasteiger partial charge >= 0.3 is 0 Å². The van der Waals surface area contributed by atoms with Gasteiger partial charge < -0.3 is 5.32 Å². The number of anilines is 1. The molecule has 4 heteroatoms. The summed E-state index contributed by atoms with van der Waals surface area (Å²) in [6.07, 6.45) is 3.81. The van der Waals surface area contributed by atoms with Crippen molar-refractivity contribution in [3.05, 3.63) is 70.2 Å². The normalized spacial score (nSPS) is 10.9. The van der Waals surface area contributed by atoms with Crippen LogP contribution in [0.5, 0.6) is 0 Å². The predicted octanol–water partition coefficient (Wildman–Crippen LogP) is 4.85. The maximum Gasteiger partial charge on any atom is 0.150 e. The fraction of sp³-hybridized carbons (Fsp3) is 0.0667. The lowest BCUT2D eigenvalue weighted by Crippen LogP contribution is -2.02. The van der Waals surface area contributed by atoms with E-state index >= 15 is 0 Å². The molecule has 0 aliphatic carbocycles. The summed E-state index contributed by atoms with van der Waals surface area (Å²) in [5, 5.41) is 2.90. The van der Waals surface area contributed by atoms with E-state index in [1.807, 2.05) is 42.5 Å². The molecule has 0 aliphatic rings. The summed E-state index contributed by atoms with van der Waals surface area (Å²) < 4.78 is 26.8. The average molecular weight is 324 g/mol. The van der Waals surface area contributed by atoms with Crippen molar-refractivity contribution in [2.75, 3.05) is 11.9 Å². The van der Waals surface area contributed by atoms with Crippen molar-refractivity contribution in [2.24, 2.45) is 0 Å². The first-order chi connectivity index (χ1) is 9.16. The van der Waals surface area contributed by atoms with Crippen LogP contribution in [-0.2, 0) is 0 Å². The lowest BCUT2D eigenvalue weighted by atomic mass is 10.2. The number of rotatable bonds is 4. The third-order valence-electron chi connectivity index (χ3n) is 2.51. The number of benzene rings is 2. The molecule has 0 radical (unpaired) electrons. The molecule has 0 bridgehead atoms. The molecule has 2 aromatic carbocycles. The minimum atomic E-state index is -0.611. The van der Waals surface area contributed by atoms with Gasteiger partial charge in [-0.2, -0.15) is 0 Å². The maximum atomic E-state index is 13.5. The second-order valence-corrected chi connectivity index (χ2v) is 4.79. The standard InChI is InChI=1S/C15H12BrF2N/c16-13-9-12(17)10-14(18)15(13)19-8-4-7-11-5-2-1-3-6-11/h1-7,9-10,19H,8H2/b7-4+. The molecule has 2 rings (SSSR count). The summed E-state index contributed by atoms with van der Waals surface area (Å²) in [7, 11) is 0. The highest BCUT2D eigenvalue weighted by molar-refractivity contribution is 9.10. The Kier molecular flexibility index (Phi) is 4.68. The Morgan fingerprint density at radius 3 is 2.53 bits per heavy atom. The van der Waals surface area contributed by atoms with Gasteiger partial charge in [0.25, 0.3) is 0 Å². The van der Waals surface area contributed by atoms with Crippen molar-refractivity contribution < 1.29 is 8.78 Å². The van der Waals surface area contributed by atoms with Crippen molar-refractivity contribution in [3.63, 3.8) is 0 Å². The van der Waals surface area contributed by atoms with E-state index in [-0.39, 0.29) is 5.69 Å². The fourth-order valence-electron chi connectivity index (χ4n) is 1.63. The van der Waals surface area contributed by atoms with Crippen molar-refractivity contribution in [1.29, 1.82) is 0 Å². The Morgan fingerprint density at radius 1 is 1.11 bits per heavy atom. The average Bonchev–Trinajstić information content (AvgIpc) is 2.38. The number of hydrogen-bond donors (Lipinski definition) is 1. The lowest BCUT2D eigenvalue weighted by Gasteiger charge is -2.07. The van der Waals surface area contributed by atoms with E-state index in [0.717, 1.165) is 11.6 Å². The van der Waals surface area contributed by atoms with Crippen LogP contribution in [0.3, 0.4) is 0 Å². The molecule has 0 aromatic heterocycles. The van der Waals surface area contributed by atoms with Crippen molar-refractivity contribution in [3.8, 4) is 0 Å². The third-order valence-corrected chi connectivity index (χ3v) is 3.14. The molecule has 0 fully saturated rings. The van der Waals surface area contributed by atoms with Crippen LogP contribution in [-0.4, -0.2) is 6.54 Å². The molecule has 0 aliphatic heterocycles. The molecule has 2 aromatic rings. The molecule has 0 atom stereocenters. The summed E-state index contributed by atoms with van der Waals surface area (Å²) in [5.74, 6) is -1.21. The van der Waals surface area contributed by atoms with Gasteiger partial charge in [-0.05, 0) is 27.6 Å². The Morgan fingerprint density at radius 2 is 1.84 bits per heavy atom. The van der Waals surface area contributed by atoms with E-state index in [0.29, 0.717) is 11.0 Å². The SMILES string of the molecule is Fc1cc(F)c(NC/C=C/c2ccccc2)c(Br)c1. The second-order valence-electron chi connectivity index (χ2n) is 3.94. The van der Waals surface area contributed by atoms with E-state index in [2.05, 4.69) is 21.2 Å². The summed E-state index contributed by atoms with van der Waals surface area (Å²) >= 11 is 3.13. The minimum absolute atomic E-state index is 0.263. The summed E-state index contributed by atoms with van der Waals surface area (Å²) in [5.41, 5.74) is 1.34. The zero-order valence-electron chi connectivity index (χ0n) is 10.0. The molecule has 0 amide bonds. The van der Waals surface area contributed by atoms with Gasteiger partial charge in [-0.3, -0.25) is 0 Å². The first-order valence-corrected chi connectivity index (χ1v) is 6.56. The maximum absolute atomic E-state index is 13.5. The van der Waals surface area contributed by atoms with Crippen LogP contribution in [0, 0.1) is 11.6 Å². The van der Waals surface area contributed by atoms with Gasteiger partial charge in [0.05, 0.1) is 5.69 Å². The van der Waals surface area contributed by atoms with Crippen LogP contribution in [0.25, 0.3) is 6.08 Å². The van der Waals surface area contributed by atoms with Crippen molar-refractivity contribution >= 4 is 27.7 Å². The quantitative estimate of drug-likeness (QED) is 0.847. The van der Waals surface area contributed by atoms with Crippen LogP contribution in [0.15, 0.2) is 53.0 Å². The number of nitrogens with one attached hydrogen (secondary N) is 1. The van der Waals surface area contributed by atoms with Gasteiger partial charge in [-0.15, -0.1) is 0 Å².